The van der Waals surface area contributed by atoms with Gasteiger partial charge in [0.25, 0.3) is 5.91 Å². The molecule has 1 amide bonds. The first-order valence-electron chi connectivity index (χ1n) is 9.09. The van der Waals surface area contributed by atoms with Crippen LogP contribution in [0.25, 0.3) is 5.65 Å². The molecule has 0 N–H and O–H groups in total. The van der Waals surface area contributed by atoms with Gasteiger partial charge >= 0.3 is 0 Å². The monoisotopic (exact) mass is 365 g/mol. The molecule has 140 valence electrons. The highest BCUT2D eigenvalue weighted by atomic mass is 16.5. The number of pyridine rings is 1. The van der Waals surface area contributed by atoms with Crippen LogP contribution in [0.2, 0.25) is 0 Å². The Morgan fingerprint density at radius 2 is 2.04 bits per heavy atom. The van der Waals surface area contributed by atoms with Crippen molar-refractivity contribution in [2.75, 3.05) is 20.8 Å². The van der Waals surface area contributed by atoms with Crippen molar-refractivity contribution in [2.24, 2.45) is 0 Å². The van der Waals surface area contributed by atoms with Crippen LogP contribution in [0.1, 0.15) is 40.5 Å². The molecule has 1 aromatic carbocycles. The van der Waals surface area contributed by atoms with Crippen molar-refractivity contribution in [3.05, 3.63) is 59.5 Å². The highest BCUT2D eigenvalue weighted by molar-refractivity contribution is 5.93. The number of imidazole rings is 1. The van der Waals surface area contributed by atoms with Crippen molar-refractivity contribution in [1.29, 1.82) is 0 Å². The van der Waals surface area contributed by atoms with Gasteiger partial charge in [-0.1, -0.05) is 0 Å². The van der Waals surface area contributed by atoms with E-state index in [0.717, 1.165) is 41.1 Å². The van der Waals surface area contributed by atoms with Crippen LogP contribution in [-0.2, 0) is 0 Å². The van der Waals surface area contributed by atoms with Crippen molar-refractivity contribution < 1.29 is 14.3 Å². The Balaban J connectivity index is 1.67. The van der Waals surface area contributed by atoms with Crippen LogP contribution in [-0.4, -0.2) is 41.0 Å². The number of carbonyl (C=O) groups excluding carboxylic acids is 1. The molecule has 2 aromatic heterocycles. The van der Waals surface area contributed by atoms with Crippen LogP contribution in [0, 0.1) is 6.92 Å². The highest BCUT2D eigenvalue weighted by Gasteiger charge is 2.33. The third-order valence-corrected chi connectivity index (χ3v) is 5.15. The van der Waals surface area contributed by atoms with Crippen molar-refractivity contribution >= 4 is 11.6 Å². The second kappa shape index (κ2) is 6.95. The Hall–Kier alpha value is -3.02. The summed E-state index contributed by atoms with van der Waals surface area (Å²) >= 11 is 0. The van der Waals surface area contributed by atoms with Gasteiger partial charge < -0.3 is 18.8 Å². The number of ether oxygens (including phenoxy) is 2. The summed E-state index contributed by atoms with van der Waals surface area (Å²) in [4.78, 5) is 19.6. The fourth-order valence-corrected chi connectivity index (χ4v) is 3.76. The lowest BCUT2D eigenvalue weighted by Gasteiger charge is -2.26. The number of likely N-dealkylation sites (tertiary alicyclic amines) is 1. The number of fused-ring (bicyclic) bond motifs is 1. The van der Waals surface area contributed by atoms with Gasteiger partial charge in [0.15, 0.2) is 0 Å². The first kappa shape index (κ1) is 17.4. The van der Waals surface area contributed by atoms with E-state index in [2.05, 4.69) is 4.98 Å². The number of hydrogen-bond donors (Lipinski definition) is 0. The van der Waals surface area contributed by atoms with E-state index in [0.29, 0.717) is 12.2 Å². The van der Waals surface area contributed by atoms with Crippen LogP contribution >= 0.6 is 0 Å². The lowest BCUT2D eigenvalue weighted by atomic mass is 10.0. The molecule has 0 saturated carbocycles. The number of nitrogens with zero attached hydrogens (tertiary/aromatic N) is 3. The minimum absolute atomic E-state index is 0.0232. The highest BCUT2D eigenvalue weighted by Crippen LogP contribution is 2.39. The van der Waals surface area contributed by atoms with E-state index in [-0.39, 0.29) is 11.9 Å². The maximum atomic E-state index is 13.2. The predicted octanol–water partition coefficient (Wildman–Crippen LogP) is 3.64. The number of rotatable bonds is 4. The molecule has 0 aliphatic carbocycles. The molecule has 3 heterocycles. The molecule has 0 spiro atoms. The van der Waals surface area contributed by atoms with E-state index < -0.39 is 0 Å². The summed E-state index contributed by atoms with van der Waals surface area (Å²) in [5.74, 6) is 1.43. The molecule has 0 bridgehead atoms. The molecule has 1 fully saturated rings. The molecule has 4 rings (SSSR count). The molecule has 1 atom stereocenters. The van der Waals surface area contributed by atoms with Crippen LogP contribution < -0.4 is 9.47 Å². The van der Waals surface area contributed by atoms with Gasteiger partial charge in [0.2, 0.25) is 0 Å². The van der Waals surface area contributed by atoms with Crippen molar-refractivity contribution in [2.45, 2.75) is 25.8 Å². The second-order valence-electron chi connectivity index (χ2n) is 6.86. The summed E-state index contributed by atoms with van der Waals surface area (Å²) in [6.45, 7) is 2.73. The number of hydrogen-bond acceptors (Lipinski definition) is 4. The van der Waals surface area contributed by atoms with E-state index in [1.54, 1.807) is 20.4 Å². The van der Waals surface area contributed by atoms with Crippen molar-refractivity contribution in [1.82, 2.24) is 14.3 Å². The second-order valence-corrected chi connectivity index (χ2v) is 6.86. The summed E-state index contributed by atoms with van der Waals surface area (Å²) in [6.07, 6.45) is 5.60. The van der Waals surface area contributed by atoms with Gasteiger partial charge in [-0.3, -0.25) is 4.79 Å². The Labute approximate surface area is 158 Å². The SMILES string of the molecule is COc1ccc(C2CCCN2C(=O)c2cn3ccc(C)cc3n2)c(OC)c1. The van der Waals surface area contributed by atoms with Gasteiger partial charge in [0, 0.05) is 30.6 Å². The minimum Gasteiger partial charge on any atom is -0.497 e. The molecule has 1 unspecified atom stereocenters. The summed E-state index contributed by atoms with van der Waals surface area (Å²) in [5, 5.41) is 0. The molecule has 1 aliphatic heterocycles. The number of benzene rings is 1. The third kappa shape index (κ3) is 3.12. The van der Waals surface area contributed by atoms with Gasteiger partial charge in [0.05, 0.1) is 20.3 Å². The van der Waals surface area contributed by atoms with Gasteiger partial charge in [-0.2, -0.15) is 0 Å². The van der Waals surface area contributed by atoms with Gasteiger partial charge in [-0.15, -0.1) is 0 Å². The van der Waals surface area contributed by atoms with Crippen molar-refractivity contribution in [3.63, 3.8) is 0 Å². The first-order valence-corrected chi connectivity index (χ1v) is 9.09. The fraction of sp³-hybridized carbons (Fsp3) is 0.333. The molecular formula is C21H23N3O3. The Morgan fingerprint density at radius 3 is 2.81 bits per heavy atom. The van der Waals surface area contributed by atoms with E-state index in [9.17, 15) is 4.79 Å². The zero-order chi connectivity index (χ0) is 19.0. The Bertz CT molecular complexity index is 996. The zero-order valence-electron chi connectivity index (χ0n) is 15.8. The number of carbonyl (C=O) groups is 1. The fourth-order valence-electron chi connectivity index (χ4n) is 3.76. The van der Waals surface area contributed by atoms with E-state index >= 15 is 0 Å². The van der Waals surface area contributed by atoms with Crippen LogP contribution in [0.4, 0.5) is 0 Å². The maximum absolute atomic E-state index is 13.2. The van der Waals surface area contributed by atoms with E-state index in [4.69, 9.17) is 9.47 Å². The summed E-state index contributed by atoms with van der Waals surface area (Å²) < 4.78 is 12.7. The minimum atomic E-state index is -0.0447. The lowest BCUT2D eigenvalue weighted by Crippen LogP contribution is -2.31. The average Bonchev–Trinajstić information content (AvgIpc) is 3.33. The topological polar surface area (TPSA) is 56.1 Å². The molecule has 27 heavy (non-hydrogen) atoms. The Morgan fingerprint density at radius 1 is 1.19 bits per heavy atom. The summed E-state index contributed by atoms with van der Waals surface area (Å²) in [6, 6.07) is 9.72. The standard InChI is InChI=1S/C21H23N3O3/c1-14-8-10-23-13-17(22-20(23)11-14)21(25)24-9-4-5-18(24)16-7-6-15(26-2)12-19(16)27-3/h6-8,10-13,18H,4-5,9H2,1-3H3. The largest absolute Gasteiger partial charge is 0.497 e. The summed E-state index contributed by atoms with van der Waals surface area (Å²) in [7, 11) is 3.27. The first-order chi connectivity index (χ1) is 13.1. The summed E-state index contributed by atoms with van der Waals surface area (Å²) in [5.41, 5.74) is 3.38. The molecule has 3 aromatic rings. The molecule has 6 nitrogen and oxygen atoms in total. The number of aromatic nitrogens is 2. The van der Waals surface area contributed by atoms with Crippen molar-refractivity contribution in [3.8, 4) is 11.5 Å². The van der Waals surface area contributed by atoms with E-state index in [1.165, 1.54) is 0 Å². The maximum Gasteiger partial charge on any atom is 0.274 e. The molecule has 0 radical (unpaired) electrons. The third-order valence-electron chi connectivity index (χ3n) is 5.15. The van der Waals surface area contributed by atoms with Crippen LogP contribution in [0.5, 0.6) is 11.5 Å². The van der Waals surface area contributed by atoms with Gasteiger partial charge in [-0.25, -0.2) is 4.98 Å². The molecular weight excluding hydrogens is 342 g/mol. The molecule has 1 saturated heterocycles. The number of amides is 1. The predicted molar refractivity (Wildman–Crippen MR) is 102 cm³/mol. The Kier molecular flexibility index (Phi) is 4.48. The molecule has 1 aliphatic rings. The van der Waals surface area contributed by atoms with Crippen LogP contribution in [0.3, 0.4) is 0 Å². The average molecular weight is 365 g/mol. The van der Waals surface area contributed by atoms with Crippen LogP contribution in [0.15, 0.2) is 42.7 Å². The number of methoxy groups -OCH3 is 2. The van der Waals surface area contributed by atoms with Gasteiger partial charge in [0.1, 0.15) is 22.8 Å². The number of aryl methyl sites for hydroxylation is 1. The zero-order valence-corrected chi connectivity index (χ0v) is 15.8. The lowest BCUT2D eigenvalue weighted by molar-refractivity contribution is 0.0729. The normalized spacial score (nSPS) is 16.7. The smallest absolute Gasteiger partial charge is 0.274 e. The molecule has 6 heteroatoms. The van der Waals surface area contributed by atoms with Gasteiger partial charge in [-0.05, 0) is 49.6 Å². The van der Waals surface area contributed by atoms with E-state index in [1.807, 2.05) is 52.8 Å². The quantitative estimate of drug-likeness (QED) is 0.708.